The van der Waals surface area contributed by atoms with Gasteiger partial charge in [0.1, 0.15) is 5.82 Å². The van der Waals surface area contributed by atoms with Gasteiger partial charge in [0.25, 0.3) is 0 Å². The fourth-order valence-electron chi connectivity index (χ4n) is 1.02. The molecule has 0 fully saturated rings. The van der Waals surface area contributed by atoms with Crippen LogP contribution in [-0.4, -0.2) is 12.6 Å². The van der Waals surface area contributed by atoms with Crippen LogP contribution < -0.4 is 5.73 Å². The van der Waals surface area contributed by atoms with Crippen LogP contribution in [0.4, 0.5) is 10.1 Å². The zero-order valence-electron chi connectivity index (χ0n) is 8.37. The second-order valence-corrected chi connectivity index (χ2v) is 2.87. The molecule has 0 saturated heterocycles. The van der Waals surface area contributed by atoms with Crippen molar-refractivity contribution in [2.45, 2.75) is 6.92 Å². The third-order valence-corrected chi connectivity index (χ3v) is 1.72. The molecular formula is C11H12FNO2. The first kappa shape index (κ1) is 11.2. The predicted octanol–water partition coefficient (Wildman–Crippen LogP) is 1.98. The Hall–Kier alpha value is -1.84. The molecule has 0 unspecified atom stereocenters. The van der Waals surface area contributed by atoms with Gasteiger partial charge in [-0.05, 0) is 30.7 Å². The highest BCUT2D eigenvalue weighted by molar-refractivity contribution is 5.87. The highest BCUT2D eigenvalue weighted by Gasteiger charge is 1.98. The molecule has 1 rings (SSSR count). The molecule has 0 aliphatic rings. The van der Waals surface area contributed by atoms with Crippen LogP contribution in [0.5, 0.6) is 0 Å². The van der Waals surface area contributed by atoms with Crippen molar-refractivity contribution in [2.24, 2.45) is 0 Å². The van der Waals surface area contributed by atoms with Crippen molar-refractivity contribution in [3.05, 3.63) is 35.7 Å². The van der Waals surface area contributed by atoms with Gasteiger partial charge in [-0.15, -0.1) is 0 Å². The molecule has 0 aliphatic carbocycles. The minimum atomic E-state index is -0.469. The number of benzene rings is 1. The Labute approximate surface area is 87.3 Å². The van der Waals surface area contributed by atoms with E-state index in [2.05, 4.69) is 4.74 Å². The summed E-state index contributed by atoms with van der Waals surface area (Å²) >= 11 is 0. The van der Waals surface area contributed by atoms with E-state index in [4.69, 9.17) is 5.73 Å². The molecule has 4 heteroatoms. The lowest BCUT2D eigenvalue weighted by atomic mass is 10.2. The molecule has 0 atom stereocenters. The third-order valence-electron chi connectivity index (χ3n) is 1.72. The number of nitrogens with two attached hydrogens (primary N) is 1. The van der Waals surface area contributed by atoms with Crippen molar-refractivity contribution in [1.82, 2.24) is 0 Å². The van der Waals surface area contributed by atoms with E-state index in [-0.39, 0.29) is 5.69 Å². The zero-order valence-corrected chi connectivity index (χ0v) is 8.37. The minimum Gasteiger partial charge on any atom is -0.463 e. The van der Waals surface area contributed by atoms with Gasteiger partial charge in [-0.1, -0.05) is 6.07 Å². The van der Waals surface area contributed by atoms with Gasteiger partial charge < -0.3 is 10.5 Å². The van der Waals surface area contributed by atoms with Gasteiger partial charge in [0, 0.05) is 6.08 Å². The zero-order chi connectivity index (χ0) is 11.3. The van der Waals surface area contributed by atoms with Crippen molar-refractivity contribution < 1.29 is 13.9 Å². The van der Waals surface area contributed by atoms with Gasteiger partial charge in [0.2, 0.25) is 0 Å². The molecule has 0 heterocycles. The number of carbonyl (C=O) groups is 1. The number of nitrogen functional groups attached to an aromatic ring is 1. The Kier molecular flexibility index (Phi) is 3.85. The van der Waals surface area contributed by atoms with E-state index in [9.17, 15) is 9.18 Å². The van der Waals surface area contributed by atoms with Crippen LogP contribution >= 0.6 is 0 Å². The smallest absolute Gasteiger partial charge is 0.330 e. The summed E-state index contributed by atoms with van der Waals surface area (Å²) in [5.74, 6) is -0.899. The number of carbonyl (C=O) groups excluding carboxylic acids is 1. The van der Waals surface area contributed by atoms with Crippen LogP contribution in [0.2, 0.25) is 0 Å². The summed E-state index contributed by atoms with van der Waals surface area (Å²) in [6.07, 6.45) is 2.80. The molecule has 15 heavy (non-hydrogen) atoms. The quantitative estimate of drug-likeness (QED) is 0.470. The van der Waals surface area contributed by atoms with Gasteiger partial charge in [-0.2, -0.15) is 0 Å². The van der Waals surface area contributed by atoms with Gasteiger partial charge in [0.05, 0.1) is 12.3 Å². The first-order valence-corrected chi connectivity index (χ1v) is 4.53. The fourth-order valence-corrected chi connectivity index (χ4v) is 1.02. The van der Waals surface area contributed by atoms with Gasteiger partial charge >= 0.3 is 5.97 Å². The Bertz CT molecular complexity index is 388. The van der Waals surface area contributed by atoms with E-state index in [1.807, 2.05) is 0 Å². The monoisotopic (exact) mass is 209 g/mol. The van der Waals surface area contributed by atoms with Crippen LogP contribution in [0.1, 0.15) is 12.5 Å². The second kappa shape index (κ2) is 5.14. The van der Waals surface area contributed by atoms with Crippen molar-refractivity contribution >= 4 is 17.7 Å². The molecule has 2 N–H and O–H groups in total. The largest absolute Gasteiger partial charge is 0.463 e. The third kappa shape index (κ3) is 3.42. The fraction of sp³-hybridized carbons (Fsp3) is 0.182. The molecule has 3 nitrogen and oxygen atoms in total. The maximum Gasteiger partial charge on any atom is 0.330 e. The van der Waals surface area contributed by atoms with E-state index in [1.165, 1.54) is 30.4 Å². The molecule has 0 saturated carbocycles. The summed E-state index contributed by atoms with van der Waals surface area (Å²) < 4.78 is 17.5. The standard InChI is InChI=1S/C11H12FNO2/c1-2-15-11(14)6-4-8-3-5-9(12)10(13)7-8/h3-7H,2,13H2,1H3/b6-4+. The second-order valence-electron chi connectivity index (χ2n) is 2.87. The Morgan fingerprint density at radius 1 is 1.60 bits per heavy atom. The average Bonchev–Trinajstić information content (AvgIpc) is 2.20. The molecular weight excluding hydrogens is 197 g/mol. The van der Waals surface area contributed by atoms with Gasteiger partial charge in [0.15, 0.2) is 0 Å². The molecule has 0 aliphatic heterocycles. The van der Waals surface area contributed by atoms with Gasteiger partial charge in [-0.3, -0.25) is 0 Å². The molecule has 0 amide bonds. The first-order chi connectivity index (χ1) is 7.13. The topological polar surface area (TPSA) is 52.3 Å². The number of esters is 1. The number of anilines is 1. The molecule has 0 radical (unpaired) electrons. The number of hydrogen-bond donors (Lipinski definition) is 1. The van der Waals surface area contributed by atoms with Crippen LogP contribution in [0, 0.1) is 5.82 Å². The molecule has 1 aromatic carbocycles. The average molecular weight is 209 g/mol. The van der Waals surface area contributed by atoms with E-state index in [0.717, 1.165) is 0 Å². The minimum absolute atomic E-state index is 0.0565. The SMILES string of the molecule is CCOC(=O)/C=C/c1ccc(F)c(N)c1. The summed E-state index contributed by atoms with van der Waals surface area (Å²) in [5.41, 5.74) is 6.07. The Balaban J connectivity index is 2.72. The lowest BCUT2D eigenvalue weighted by Gasteiger charge is -1.98. The summed E-state index contributed by atoms with van der Waals surface area (Å²) in [5, 5.41) is 0. The molecule has 80 valence electrons. The first-order valence-electron chi connectivity index (χ1n) is 4.53. The highest BCUT2D eigenvalue weighted by atomic mass is 19.1. The molecule has 0 bridgehead atoms. The highest BCUT2D eigenvalue weighted by Crippen LogP contribution is 2.13. The van der Waals surface area contributed by atoms with Gasteiger partial charge in [-0.25, -0.2) is 9.18 Å². The Morgan fingerprint density at radius 3 is 2.93 bits per heavy atom. The Morgan fingerprint density at radius 2 is 2.33 bits per heavy atom. The van der Waals surface area contributed by atoms with E-state index in [1.54, 1.807) is 6.92 Å². The van der Waals surface area contributed by atoms with Crippen molar-refractivity contribution in [1.29, 1.82) is 0 Å². The number of halogens is 1. The number of ether oxygens (including phenoxy) is 1. The number of hydrogen-bond acceptors (Lipinski definition) is 3. The maximum absolute atomic E-state index is 12.8. The van der Waals surface area contributed by atoms with Crippen LogP contribution in [-0.2, 0) is 9.53 Å². The lowest BCUT2D eigenvalue weighted by Crippen LogP contribution is -1.98. The van der Waals surface area contributed by atoms with Crippen LogP contribution in [0.15, 0.2) is 24.3 Å². The number of rotatable bonds is 3. The van der Waals surface area contributed by atoms with Crippen LogP contribution in [0.3, 0.4) is 0 Å². The van der Waals surface area contributed by atoms with Crippen molar-refractivity contribution in [3.8, 4) is 0 Å². The summed E-state index contributed by atoms with van der Waals surface area (Å²) in [6.45, 7) is 2.05. The normalized spacial score (nSPS) is 10.5. The van der Waals surface area contributed by atoms with Crippen molar-refractivity contribution in [3.63, 3.8) is 0 Å². The van der Waals surface area contributed by atoms with E-state index >= 15 is 0 Å². The molecule has 1 aromatic rings. The summed E-state index contributed by atoms with van der Waals surface area (Å²) in [7, 11) is 0. The summed E-state index contributed by atoms with van der Waals surface area (Å²) in [6, 6.07) is 4.23. The van der Waals surface area contributed by atoms with E-state index < -0.39 is 11.8 Å². The molecule has 0 aromatic heterocycles. The predicted molar refractivity (Wildman–Crippen MR) is 56.5 cm³/mol. The van der Waals surface area contributed by atoms with Crippen molar-refractivity contribution in [2.75, 3.05) is 12.3 Å². The van der Waals surface area contributed by atoms with E-state index in [0.29, 0.717) is 12.2 Å². The molecule has 0 spiro atoms. The summed E-state index contributed by atoms with van der Waals surface area (Å²) in [4.78, 5) is 11.0. The lowest BCUT2D eigenvalue weighted by molar-refractivity contribution is -0.137. The maximum atomic E-state index is 12.8. The van der Waals surface area contributed by atoms with Crippen LogP contribution in [0.25, 0.3) is 6.08 Å².